The van der Waals surface area contributed by atoms with Crippen LogP contribution in [0.4, 0.5) is 18.9 Å². The maximum Gasteiger partial charge on any atom is 0.417 e. The fourth-order valence-corrected chi connectivity index (χ4v) is 3.14. The molecule has 0 radical (unpaired) electrons. The smallest absolute Gasteiger partial charge is 0.366 e. The highest BCUT2D eigenvalue weighted by atomic mass is 35.5. The average molecular weight is 373 g/mol. The lowest BCUT2D eigenvalue weighted by atomic mass is 10.1. The molecule has 134 valence electrons. The minimum atomic E-state index is -4.49. The van der Waals surface area contributed by atoms with Crippen molar-refractivity contribution in [2.75, 3.05) is 11.4 Å². The molecule has 1 aliphatic heterocycles. The summed E-state index contributed by atoms with van der Waals surface area (Å²) in [5.74, 6) is 0.448. The second-order valence-corrected chi connectivity index (χ2v) is 6.54. The van der Waals surface area contributed by atoms with Crippen LogP contribution in [0, 0.1) is 5.92 Å². The molecule has 2 unspecified atom stereocenters. The molecule has 1 saturated heterocycles. The van der Waals surface area contributed by atoms with Gasteiger partial charge in [0.15, 0.2) is 5.82 Å². The highest BCUT2D eigenvalue weighted by Gasteiger charge is 2.32. The van der Waals surface area contributed by atoms with Crippen molar-refractivity contribution in [3.63, 3.8) is 0 Å². The van der Waals surface area contributed by atoms with Gasteiger partial charge in [-0.15, -0.1) is 0 Å². The van der Waals surface area contributed by atoms with Gasteiger partial charge >= 0.3 is 6.18 Å². The molecule has 1 fully saturated rings. The van der Waals surface area contributed by atoms with Crippen molar-refractivity contribution >= 4 is 17.3 Å². The summed E-state index contributed by atoms with van der Waals surface area (Å²) in [5.41, 5.74) is -0.975. The molecule has 0 amide bonds. The van der Waals surface area contributed by atoms with E-state index in [1.165, 1.54) is 6.20 Å². The second-order valence-electron chi connectivity index (χ2n) is 6.16. The molecule has 2 atom stereocenters. The molecule has 25 heavy (non-hydrogen) atoms. The summed E-state index contributed by atoms with van der Waals surface area (Å²) in [6, 6.07) is 2.16. The minimum absolute atomic E-state index is 0.0161. The molecule has 0 saturated carbocycles. The van der Waals surface area contributed by atoms with E-state index >= 15 is 0 Å². The molecule has 0 aromatic carbocycles. The van der Waals surface area contributed by atoms with Gasteiger partial charge in [0.1, 0.15) is 5.02 Å². The first-order chi connectivity index (χ1) is 11.7. The third-order valence-corrected chi connectivity index (χ3v) is 5.00. The highest BCUT2D eigenvalue weighted by molar-refractivity contribution is 6.33. The maximum atomic E-state index is 12.6. The molecule has 1 aliphatic rings. The predicted molar refractivity (Wildman–Crippen MR) is 88.2 cm³/mol. The molecule has 0 bridgehead atoms. The van der Waals surface area contributed by atoms with Crippen LogP contribution in [0.5, 0.6) is 0 Å². The van der Waals surface area contributed by atoms with E-state index in [1.807, 2.05) is 4.90 Å². The van der Waals surface area contributed by atoms with Crippen LogP contribution in [0.2, 0.25) is 5.02 Å². The van der Waals surface area contributed by atoms with Gasteiger partial charge in [0, 0.05) is 18.8 Å². The van der Waals surface area contributed by atoms with E-state index in [1.54, 1.807) is 0 Å². The Bertz CT molecular complexity index is 835. The maximum absolute atomic E-state index is 12.6. The first-order valence-corrected chi connectivity index (χ1v) is 8.16. The van der Waals surface area contributed by atoms with E-state index in [4.69, 9.17) is 11.6 Å². The number of rotatable bonds is 2. The summed E-state index contributed by atoms with van der Waals surface area (Å²) >= 11 is 6.22. The molecule has 0 aliphatic carbocycles. The monoisotopic (exact) mass is 372 g/mol. The van der Waals surface area contributed by atoms with Crippen LogP contribution in [0.3, 0.4) is 0 Å². The summed E-state index contributed by atoms with van der Waals surface area (Å²) in [4.78, 5) is 18.2. The minimum Gasteiger partial charge on any atom is -0.366 e. The number of anilines is 1. The molecule has 3 heterocycles. The highest BCUT2D eigenvalue weighted by Crippen LogP contribution is 2.32. The Kier molecular flexibility index (Phi) is 4.49. The summed E-state index contributed by atoms with van der Waals surface area (Å²) in [6.45, 7) is 4.95. The molecular weight excluding hydrogens is 357 g/mol. The Labute approximate surface area is 147 Å². The van der Waals surface area contributed by atoms with Crippen LogP contribution < -0.4 is 10.5 Å². The van der Waals surface area contributed by atoms with E-state index in [2.05, 4.69) is 23.9 Å². The summed E-state index contributed by atoms with van der Waals surface area (Å²) in [5, 5.41) is 4.02. The van der Waals surface area contributed by atoms with E-state index in [0.717, 1.165) is 29.8 Å². The van der Waals surface area contributed by atoms with Gasteiger partial charge in [0.05, 0.1) is 17.4 Å². The van der Waals surface area contributed by atoms with Gasteiger partial charge in [-0.2, -0.15) is 23.0 Å². The number of alkyl halides is 3. The summed E-state index contributed by atoms with van der Waals surface area (Å²) in [6.07, 6.45) is -1.39. The van der Waals surface area contributed by atoms with Crippen LogP contribution >= 0.6 is 11.6 Å². The standard InChI is InChI=1S/C16H16ClF3N4O/c1-9-5-6-23(10(9)2)12-8-22-24(15(25)14(12)17)13-4-3-11(7-21-13)16(18,19)20/h3-4,7-10H,5-6H2,1-2H3. The summed E-state index contributed by atoms with van der Waals surface area (Å²) < 4.78 is 38.7. The van der Waals surface area contributed by atoms with E-state index in [9.17, 15) is 18.0 Å². The zero-order chi connectivity index (χ0) is 18.4. The molecule has 0 N–H and O–H groups in total. The van der Waals surface area contributed by atoms with Crippen LogP contribution in [-0.4, -0.2) is 27.4 Å². The Morgan fingerprint density at radius 1 is 1.24 bits per heavy atom. The Morgan fingerprint density at radius 3 is 2.48 bits per heavy atom. The van der Waals surface area contributed by atoms with Crippen molar-refractivity contribution in [1.82, 2.24) is 14.8 Å². The second kappa shape index (κ2) is 6.33. The number of halogens is 4. The molecule has 2 aromatic heterocycles. The van der Waals surface area contributed by atoms with Gasteiger partial charge in [0.25, 0.3) is 5.56 Å². The third kappa shape index (κ3) is 3.22. The van der Waals surface area contributed by atoms with Crippen LogP contribution in [0.25, 0.3) is 5.82 Å². The Morgan fingerprint density at radius 2 is 1.96 bits per heavy atom. The lowest BCUT2D eigenvalue weighted by Gasteiger charge is -2.26. The molecular formula is C16H16ClF3N4O. The van der Waals surface area contributed by atoms with Gasteiger partial charge in [-0.25, -0.2) is 4.98 Å². The zero-order valence-corrected chi connectivity index (χ0v) is 14.3. The molecule has 2 aromatic rings. The van der Waals surface area contributed by atoms with Crippen LogP contribution in [0.1, 0.15) is 25.8 Å². The quantitative estimate of drug-likeness (QED) is 0.809. The molecule has 5 nitrogen and oxygen atoms in total. The van der Waals surface area contributed by atoms with Gasteiger partial charge < -0.3 is 4.90 Å². The van der Waals surface area contributed by atoms with Gasteiger partial charge in [0.2, 0.25) is 0 Å². The Hall–Kier alpha value is -2.09. The van der Waals surface area contributed by atoms with Crippen molar-refractivity contribution in [2.45, 2.75) is 32.5 Å². The number of hydrogen-bond acceptors (Lipinski definition) is 4. The SMILES string of the molecule is CC1CCN(c2cnn(-c3ccc(C(F)(F)F)cn3)c(=O)c2Cl)C1C. The van der Waals surface area contributed by atoms with Gasteiger partial charge in [-0.1, -0.05) is 18.5 Å². The number of pyridine rings is 1. The first-order valence-electron chi connectivity index (χ1n) is 7.78. The van der Waals surface area contributed by atoms with Crippen molar-refractivity contribution in [3.8, 4) is 5.82 Å². The molecule has 9 heteroatoms. The molecule has 0 spiro atoms. The zero-order valence-electron chi connectivity index (χ0n) is 13.6. The first kappa shape index (κ1) is 17.7. The van der Waals surface area contributed by atoms with Crippen molar-refractivity contribution in [2.24, 2.45) is 5.92 Å². The lowest BCUT2D eigenvalue weighted by Crippen LogP contribution is -2.32. The van der Waals surface area contributed by atoms with E-state index < -0.39 is 17.3 Å². The van der Waals surface area contributed by atoms with Gasteiger partial charge in [-0.05, 0) is 31.4 Å². The summed E-state index contributed by atoms with van der Waals surface area (Å²) in [7, 11) is 0. The van der Waals surface area contributed by atoms with Crippen LogP contribution in [0.15, 0.2) is 29.3 Å². The van der Waals surface area contributed by atoms with Gasteiger partial charge in [-0.3, -0.25) is 4.79 Å². The number of hydrogen-bond donors (Lipinski definition) is 0. The van der Waals surface area contributed by atoms with E-state index in [0.29, 0.717) is 17.8 Å². The topological polar surface area (TPSA) is 51.0 Å². The van der Waals surface area contributed by atoms with E-state index in [-0.39, 0.29) is 16.9 Å². The number of aromatic nitrogens is 3. The normalized spacial score (nSPS) is 21.0. The molecule has 3 rings (SSSR count). The average Bonchev–Trinajstić information content (AvgIpc) is 2.89. The predicted octanol–water partition coefficient (Wildman–Crippen LogP) is 3.53. The fourth-order valence-electron chi connectivity index (χ4n) is 2.90. The largest absolute Gasteiger partial charge is 0.417 e. The third-order valence-electron chi connectivity index (χ3n) is 4.64. The van der Waals surface area contributed by atoms with Crippen molar-refractivity contribution < 1.29 is 13.2 Å². The Balaban J connectivity index is 1.97. The fraction of sp³-hybridized carbons (Fsp3) is 0.438. The number of nitrogens with zero attached hydrogens (tertiary/aromatic N) is 4. The van der Waals surface area contributed by atoms with Crippen molar-refractivity contribution in [1.29, 1.82) is 0 Å². The van der Waals surface area contributed by atoms with Crippen LogP contribution in [-0.2, 0) is 6.18 Å². The lowest BCUT2D eigenvalue weighted by molar-refractivity contribution is -0.137. The van der Waals surface area contributed by atoms with Crippen molar-refractivity contribution in [3.05, 3.63) is 45.5 Å².